The molecule has 0 aliphatic carbocycles. The monoisotopic (exact) mass is 535 g/mol. The third-order valence-electron chi connectivity index (χ3n) is 6.37. The number of benzene rings is 2. The highest BCUT2D eigenvalue weighted by atomic mass is 35.5. The lowest BCUT2D eigenvalue weighted by atomic mass is 10.0. The van der Waals surface area contributed by atoms with Crippen molar-refractivity contribution >= 4 is 49.1 Å². The fraction of sp³-hybridized carbons (Fsp3) is 0.440. The van der Waals surface area contributed by atoms with E-state index >= 15 is 0 Å². The Balaban J connectivity index is 1.64. The number of halogens is 1. The number of nitrogens with zero attached hydrogens (tertiary/aromatic N) is 3. The maximum Gasteiger partial charge on any atom is 0.279 e. The molecule has 4 rings (SSSR count). The topological polar surface area (TPSA) is 81.0 Å². The van der Waals surface area contributed by atoms with E-state index in [0.717, 1.165) is 28.6 Å². The molecule has 1 aliphatic rings. The summed E-state index contributed by atoms with van der Waals surface area (Å²) in [6.07, 6.45) is 1.72. The normalized spacial score (nSPS) is 16.3. The van der Waals surface area contributed by atoms with Gasteiger partial charge in [0.25, 0.3) is 5.91 Å². The summed E-state index contributed by atoms with van der Waals surface area (Å²) in [6, 6.07) is 9.83. The molecule has 188 valence electrons. The second-order valence-electron chi connectivity index (χ2n) is 8.78. The Kier molecular flexibility index (Phi) is 8.12. The number of amides is 1. The molecule has 2 heterocycles. The summed E-state index contributed by atoms with van der Waals surface area (Å²) in [5.41, 5.74) is 2.19. The van der Waals surface area contributed by atoms with Gasteiger partial charge in [0, 0.05) is 36.8 Å². The van der Waals surface area contributed by atoms with Gasteiger partial charge in [-0.3, -0.25) is 4.79 Å². The maximum absolute atomic E-state index is 13.0. The van der Waals surface area contributed by atoms with Crippen LogP contribution < -0.4 is 4.80 Å². The summed E-state index contributed by atoms with van der Waals surface area (Å²) in [5, 5.41) is 0.651. The average Bonchev–Trinajstić information content (AvgIpc) is 3.19. The van der Waals surface area contributed by atoms with Crippen LogP contribution in [0.4, 0.5) is 0 Å². The second kappa shape index (κ2) is 10.9. The fourth-order valence-corrected chi connectivity index (χ4v) is 6.94. The van der Waals surface area contributed by atoms with Gasteiger partial charge in [-0.05, 0) is 74.6 Å². The van der Waals surface area contributed by atoms with Crippen molar-refractivity contribution in [1.82, 2.24) is 8.87 Å². The van der Waals surface area contributed by atoms with Gasteiger partial charge >= 0.3 is 0 Å². The third-order valence-corrected chi connectivity index (χ3v) is 9.74. The van der Waals surface area contributed by atoms with Gasteiger partial charge in [-0.15, -0.1) is 0 Å². The Morgan fingerprint density at radius 3 is 2.51 bits per heavy atom. The minimum atomic E-state index is -3.57. The van der Waals surface area contributed by atoms with E-state index in [1.165, 1.54) is 39.9 Å². The van der Waals surface area contributed by atoms with Crippen molar-refractivity contribution in [3.8, 4) is 0 Å². The van der Waals surface area contributed by atoms with E-state index in [2.05, 4.69) is 11.9 Å². The first-order valence-corrected chi connectivity index (χ1v) is 14.4. The predicted octanol–water partition coefficient (Wildman–Crippen LogP) is 4.86. The van der Waals surface area contributed by atoms with Crippen LogP contribution in [-0.2, 0) is 21.3 Å². The van der Waals surface area contributed by atoms with Crippen LogP contribution in [-0.4, -0.2) is 49.5 Å². The standard InChI is InChI=1S/C25H30ClN3O4S2/c1-4-33-16-15-29-23-18(3)21(26)9-10-22(23)34-25(29)27-24(30)19-5-7-20(8-6-19)35(31,32)28-13-11-17(2)12-14-28/h5-10,17H,4,11-16H2,1-3H3. The summed E-state index contributed by atoms with van der Waals surface area (Å²) in [7, 11) is -3.57. The van der Waals surface area contributed by atoms with Crippen molar-refractivity contribution in [1.29, 1.82) is 0 Å². The number of fused-ring (bicyclic) bond motifs is 1. The number of rotatable bonds is 7. The molecule has 1 fully saturated rings. The number of hydrogen-bond donors (Lipinski definition) is 0. The second-order valence-corrected chi connectivity index (χ2v) is 12.1. The van der Waals surface area contributed by atoms with Gasteiger partial charge in [-0.25, -0.2) is 8.42 Å². The molecule has 10 heteroatoms. The molecule has 0 saturated carbocycles. The van der Waals surface area contributed by atoms with Crippen LogP contribution in [0.25, 0.3) is 10.2 Å². The first-order valence-electron chi connectivity index (χ1n) is 11.8. The highest BCUT2D eigenvalue weighted by molar-refractivity contribution is 7.89. The first kappa shape index (κ1) is 26.0. The molecule has 1 amide bonds. The van der Waals surface area contributed by atoms with Gasteiger partial charge in [0.2, 0.25) is 10.0 Å². The average molecular weight is 536 g/mol. The molecule has 0 unspecified atom stereocenters. The molecule has 1 saturated heterocycles. The Hall–Kier alpha value is -2.04. The van der Waals surface area contributed by atoms with E-state index in [-0.39, 0.29) is 4.90 Å². The van der Waals surface area contributed by atoms with Crippen LogP contribution in [0.3, 0.4) is 0 Å². The molecule has 1 aromatic heterocycles. The van der Waals surface area contributed by atoms with Gasteiger partial charge < -0.3 is 9.30 Å². The minimum absolute atomic E-state index is 0.197. The highest BCUT2D eigenvalue weighted by Crippen LogP contribution is 2.27. The quantitative estimate of drug-likeness (QED) is 0.404. The minimum Gasteiger partial charge on any atom is -0.380 e. The van der Waals surface area contributed by atoms with Gasteiger partial charge in [-0.2, -0.15) is 9.30 Å². The summed E-state index contributed by atoms with van der Waals surface area (Å²) in [4.78, 5) is 18.2. The summed E-state index contributed by atoms with van der Waals surface area (Å²) >= 11 is 7.77. The number of aryl methyl sites for hydroxylation is 1. The molecule has 0 spiro atoms. The fourth-order valence-electron chi connectivity index (χ4n) is 4.20. The Labute approximate surface area is 215 Å². The van der Waals surface area contributed by atoms with Gasteiger partial charge in [0.15, 0.2) is 4.80 Å². The molecule has 0 N–H and O–H groups in total. The van der Waals surface area contributed by atoms with Crippen LogP contribution >= 0.6 is 22.9 Å². The molecule has 3 aromatic rings. The lowest BCUT2D eigenvalue weighted by Gasteiger charge is -2.29. The van der Waals surface area contributed by atoms with Gasteiger partial charge in [0.05, 0.1) is 21.7 Å². The van der Waals surface area contributed by atoms with Crippen molar-refractivity contribution in [3.63, 3.8) is 0 Å². The largest absolute Gasteiger partial charge is 0.380 e. The number of thiazole rings is 1. The molecular weight excluding hydrogens is 506 g/mol. The number of ether oxygens (including phenoxy) is 1. The van der Waals surface area contributed by atoms with Crippen molar-refractivity contribution in [3.05, 3.63) is 57.3 Å². The zero-order valence-corrected chi connectivity index (χ0v) is 22.5. The molecule has 35 heavy (non-hydrogen) atoms. The van der Waals surface area contributed by atoms with E-state index in [4.69, 9.17) is 16.3 Å². The summed E-state index contributed by atoms with van der Waals surface area (Å²) in [6.45, 7) is 8.68. The van der Waals surface area contributed by atoms with Crippen molar-refractivity contribution in [2.75, 3.05) is 26.3 Å². The van der Waals surface area contributed by atoms with Crippen LogP contribution in [0.1, 0.15) is 42.6 Å². The number of piperidine rings is 1. The van der Waals surface area contributed by atoms with E-state index in [9.17, 15) is 13.2 Å². The first-order chi connectivity index (χ1) is 16.7. The van der Waals surface area contributed by atoms with Crippen LogP contribution in [0.5, 0.6) is 0 Å². The van der Waals surface area contributed by atoms with Crippen molar-refractivity contribution < 1.29 is 17.9 Å². The van der Waals surface area contributed by atoms with Crippen LogP contribution in [0.2, 0.25) is 5.02 Å². The van der Waals surface area contributed by atoms with Crippen LogP contribution in [0.15, 0.2) is 46.3 Å². The zero-order valence-electron chi connectivity index (χ0n) is 20.2. The van der Waals surface area contributed by atoms with E-state index in [1.807, 2.05) is 30.5 Å². The lowest BCUT2D eigenvalue weighted by molar-refractivity contribution is 0.0996. The van der Waals surface area contributed by atoms with Crippen molar-refractivity contribution in [2.45, 2.75) is 45.1 Å². The Morgan fingerprint density at radius 1 is 1.17 bits per heavy atom. The van der Waals surface area contributed by atoms with Crippen LogP contribution in [0, 0.1) is 12.8 Å². The SMILES string of the molecule is CCOCCn1c(=NC(=O)c2ccc(S(=O)(=O)N3CCC(C)CC3)cc2)sc2ccc(Cl)c(C)c21. The predicted molar refractivity (Wildman–Crippen MR) is 140 cm³/mol. The van der Waals surface area contributed by atoms with Crippen molar-refractivity contribution in [2.24, 2.45) is 10.9 Å². The number of hydrogen-bond acceptors (Lipinski definition) is 5. The number of carbonyl (C=O) groups excluding carboxylic acids is 1. The van der Waals surface area contributed by atoms with Gasteiger partial charge in [-0.1, -0.05) is 29.9 Å². The number of carbonyl (C=O) groups is 1. The Morgan fingerprint density at radius 2 is 1.86 bits per heavy atom. The maximum atomic E-state index is 13.0. The number of sulfonamides is 1. The Bertz CT molecular complexity index is 1390. The van der Waals surface area contributed by atoms with E-state index in [0.29, 0.717) is 54.2 Å². The molecule has 1 aliphatic heterocycles. The third kappa shape index (κ3) is 5.54. The molecular formula is C25H30ClN3O4S2. The summed E-state index contributed by atoms with van der Waals surface area (Å²) in [5.74, 6) is 0.106. The van der Waals surface area contributed by atoms with E-state index in [1.54, 1.807) is 0 Å². The van der Waals surface area contributed by atoms with E-state index < -0.39 is 15.9 Å². The summed E-state index contributed by atoms with van der Waals surface area (Å²) < 4.78 is 36.0. The lowest BCUT2D eigenvalue weighted by Crippen LogP contribution is -2.37. The zero-order chi connectivity index (χ0) is 25.2. The molecule has 0 atom stereocenters. The molecule has 0 radical (unpaired) electrons. The van der Waals surface area contributed by atoms with Gasteiger partial charge in [0.1, 0.15) is 0 Å². The molecule has 2 aromatic carbocycles. The number of aromatic nitrogens is 1. The molecule has 7 nitrogen and oxygen atoms in total. The highest BCUT2D eigenvalue weighted by Gasteiger charge is 2.28. The molecule has 0 bridgehead atoms. The smallest absolute Gasteiger partial charge is 0.279 e.